The molecule has 0 amide bonds. The minimum absolute atomic E-state index is 0.0782. The number of benzene rings is 5. The second-order valence-corrected chi connectivity index (χ2v) is 11.4. The highest BCUT2D eigenvalue weighted by Gasteiger charge is 2.51. The molecule has 1 aliphatic carbocycles. The van der Waals surface area contributed by atoms with Crippen molar-refractivity contribution in [3.8, 4) is 11.3 Å². The number of hydrogen-bond donors (Lipinski definition) is 0. The number of nitrogens with zero attached hydrogens (tertiary/aromatic N) is 2. The normalized spacial score (nSPS) is 19.2. The highest BCUT2D eigenvalue weighted by atomic mass is 16.2. The van der Waals surface area contributed by atoms with Gasteiger partial charge in [-0.2, -0.15) is 5.10 Å². The molecule has 0 unspecified atom stereocenters. The van der Waals surface area contributed by atoms with Crippen molar-refractivity contribution in [1.29, 1.82) is 0 Å². The summed E-state index contributed by atoms with van der Waals surface area (Å²) in [6, 6.07) is 50.5. The summed E-state index contributed by atoms with van der Waals surface area (Å²) in [7, 11) is 0. The van der Waals surface area contributed by atoms with Crippen LogP contribution in [0.25, 0.3) is 11.3 Å². The summed E-state index contributed by atoms with van der Waals surface area (Å²) in [4.78, 5) is 28.5. The van der Waals surface area contributed by atoms with Crippen LogP contribution >= 0.6 is 0 Å². The van der Waals surface area contributed by atoms with Gasteiger partial charge in [0.1, 0.15) is 0 Å². The third-order valence-corrected chi connectivity index (χ3v) is 8.88. The fourth-order valence-electron chi connectivity index (χ4n) is 7.11. The Kier molecular flexibility index (Phi) is 7.33. The van der Waals surface area contributed by atoms with Gasteiger partial charge in [-0.15, -0.1) is 0 Å². The lowest BCUT2D eigenvalue weighted by molar-refractivity contribution is 0.0866. The minimum Gasteiger partial charge on any atom is -0.294 e. The lowest BCUT2D eigenvalue weighted by Gasteiger charge is -2.43. The molecular weight excluding hydrogens is 540 g/mol. The van der Waals surface area contributed by atoms with Gasteiger partial charge in [-0.3, -0.25) is 9.59 Å². The topological polar surface area (TPSA) is 52.0 Å². The first-order valence-electron chi connectivity index (χ1n) is 15.1. The largest absolute Gasteiger partial charge is 0.294 e. The van der Waals surface area contributed by atoms with Gasteiger partial charge in [0.05, 0.1) is 11.4 Å². The molecule has 4 atom stereocenters. The van der Waals surface area contributed by atoms with Crippen LogP contribution in [0.3, 0.4) is 0 Å². The molecule has 0 fully saturated rings. The molecule has 6 aromatic rings. The van der Waals surface area contributed by atoms with Crippen molar-refractivity contribution >= 4 is 11.7 Å². The molecule has 0 spiro atoms. The van der Waals surface area contributed by atoms with E-state index in [0.29, 0.717) is 5.56 Å². The standard InChI is InChI=1S/C40H32N2O2/c1-27(43)42-39-35(30-21-11-4-12-22-30)33(28-17-7-2-8-18-28)36(40(44)32-25-15-6-16-26-32)34(29-19-9-3-10-20-29)37(39)38(41-42)31-23-13-5-14-24-31/h2-26,33-36H,1H3/t33-,34-,35-,36+/m1/s1. The van der Waals surface area contributed by atoms with Gasteiger partial charge in [-0.1, -0.05) is 152 Å². The third kappa shape index (κ3) is 4.79. The number of aromatic nitrogens is 2. The Morgan fingerprint density at radius 2 is 1.02 bits per heavy atom. The van der Waals surface area contributed by atoms with Crippen molar-refractivity contribution in [3.63, 3.8) is 0 Å². The van der Waals surface area contributed by atoms with Crippen LogP contribution in [-0.4, -0.2) is 21.5 Å². The van der Waals surface area contributed by atoms with Crippen molar-refractivity contribution in [2.75, 3.05) is 0 Å². The van der Waals surface area contributed by atoms with Crippen molar-refractivity contribution in [2.45, 2.75) is 24.7 Å². The van der Waals surface area contributed by atoms with Crippen molar-refractivity contribution in [1.82, 2.24) is 9.78 Å². The van der Waals surface area contributed by atoms with E-state index in [2.05, 4.69) is 36.4 Å². The maximum absolute atomic E-state index is 15.0. The van der Waals surface area contributed by atoms with Gasteiger partial charge in [-0.05, 0) is 16.7 Å². The van der Waals surface area contributed by atoms with Crippen LogP contribution < -0.4 is 0 Å². The summed E-state index contributed by atoms with van der Waals surface area (Å²) >= 11 is 0. The van der Waals surface area contributed by atoms with Crippen LogP contribution in [0.2, 0.25) is 0 Å². The van der Waals surface area contributed by atoms with E-state index < -0.39 is 5.92 Å². The molecule has 0 radical (unpaired) electrons. The quantitative estimate of drug-likeness (QED) is 0.188. The summed E-state index contributed by atoms with van der Waals surface area (Å²) in [6.45, 7) is 1.57. The molecule has 214 valence electrons. The van der Waals surface area contributed by atoms with E-state index in [1.807, 2.05) is 115 Å². The third-order valence-electron chi connectivity index (χ3n) is 8.88. The monoisotopic (exact) mass is 572 g/mol. The van der Waals surface area contributed by atoms with E-state index in [4.69, 9.17) is 5.10 Å². The second kappa shape index (κ2) is 11.7. The molecule has 4 nitrogen and oxygen atoms in total. The molecule has 0 aliphatic heterocycles. The molecule has 0 saturated heterocycles. The summed E-state index contributed by atoms with van der Waals surface area (Å²) < 4.78 is 1.60. The van der Waals surface area contributed by atoms with Gasteiger partial charge < -0.3 is 0 Å². The average molecular weight is 573 g/mol. The van der Waals surface area contributed by atoms with Crippen LogP contribution in [0, 0.1) is 5.92 Å². The Morgan fingerprint density at radius 3 is 1.55 bits per heavy atom. The van der Waals surface area contributed by atoms with Gasteiger partial charge in [0.15, 0.2) is 5.78 Å². The molecule has 1 heterocycles. The van der Waals surface area contributed by atoms with Crippen LogP contribution in [-0.2, 0) is 0 Å². The average Bonchev–Trinajstić information content (AvgIpc) is 3.49. The molecule has 0 N–H and O–H groups in total. The van der Waals surface area contributed by atoms with Crippen molar-refractivity contribution < 1.29 is 9.59 Å². The Hall–Kier alpha value is -5.35. The molecule has 0 bridgehead atoms. The molecule has 0 saturated carbocycles. The minimum atomic E-state index is -0.480. The van der Waals surface area contributed by atoms with Crippen LogP contribution in [0.5, 0.6) is 0 Å². The van der Waals surface area contributed by atoms with Gasteiger partial charge in [0.2, 0.25) is 5.91 Å². The van der Waals surface area contributed by atoms with Crippen LogP contribution in [0.4, 0.5) is 0 Å². The molecule has 1 aromatic heterocycles. The molecule has 1 aliphatic rings. The Labute approximate surface area is 257 Å². The second-order valence-electron chi connectivity index (χ2n) is 11.4. The van der Waals surface area contributed by atoms with E-state index in [-0.39, 0.29) is 29.4 Å². The van der Waals surface area contributed by atoms with Crippen LogP contribution in [0.1, 0.15) is 67.8 Å². The molecule has 5 aromatic carbocycles. The summed E-state index contributed by atoms with van der Waals surface area (Å²) in [6.07, 6.45) is 0. The fourth-order valence-corrected chi connectivity index (χ4v) is 7.11. The zero-order valence-corrected chi connectivity index (χ0v) is 24.5. The Balaban J connectivity index is 1.64. The Morgan fingerprint density at radius 1 is 0.568 bits per heavy atom. The number of carbonyl (C=O) groups is 2. The highest BCUT2D eigenvalue weighted by Crippen LogP contribution is 2.58. The number of carbonyl (C=O) groups excluding carboxylic acids is 2. The lowest BCUT2D eigenvalue weighted by Crippen LogP contribution is -2.39. The molecule has 44 heavy (non-hydrogen) atoms. The van der Waals surface area contributed by atoms with E-state index in [9.17, 15) is 4.79 Å². The summed E-state index contributed by atoms with van der Waals surface area (Å²) in [5.74, 6) is -1.49. The molecule has 7 rings (SSSR count). The van der Waals surface area contributed by atoms with Crippen molar-refractivity contribution in [3.05, 3.63) is 185 Å². The first-order valence-corrected chi connectivity index (χ1v) is 15.1. The zero-order chi connectivity index (χ0) is 30.0. The number of ketones is 1. The first-order chi connectivity index (χ1) is 21.6. The first kappa shape index (κ1) is 27.5. The van der Waals surface area contributed by atoms with E-state index >= 15 is 4.79 Å². The van der Waals surface area contributed by atoms with Gasteiger partial charge >= 0.3 is 0 Å². The summed E-state index contributed by atoms with van der Waals surface area (Å²) in [5.41, 5.74) is 7.24. The van der Waals surface area contributed by atoms with Crippen molar-refractivity contribution in [2.24, 2.45) is 5.92 Å². The number of hydrogen-bond acceptors (Lipinski definition) is 3. The number of fused-ring (bicyclic) bond motifs is 1. The number of Topliss-reactive ketones (excluding diaryl/α,β-unsaturated/α-hetero) is 1. The van der Waals surface area contributed by atoms with Gasteiger partial charge in [-0.25, -0.2) is 4.68 Å². The molecular formula is C40H32N2O2. The maximum Gasteiger partial charge on any atom is 0.244 e. The summed E-state index contributed by atoms with van der Waals surface area (Å²) in [5, 5.41) is 5.06. The smallest absolute Gasteiger partial charge is 0.244 e. The Bertz CT molecular complexity index is 1900. The highest BCUT2D eigenvalue weighted by molar-refractivity contribution is 6.00. The van der Waals surface area contributed by atoms with E-state index in [0.717, 1.165) is 39.2 Å². The zero-order valence-electron chi connectivity index (χ0n) is 24.5. The van der Waals surface area contributed by atoms with E-state index in [1.54, 1.807) is 11.6 Å². The molecule has 4 heteroatoms. The predicted molar refractivity (Wildman–Crippen MR) is 174 cm³/mol. The lowest BCUT2D eigenvalue weighted by atomic mass is 9.58. The maximum atomic E-state index is 15.0. The van der Waals surface area contributed by atoms with E-state index in [1.165, 1.54) is 0 Å². The van der Waals surface area contributed by atoms with Gasteiger partial charge in [0.25, 0.3) is 0 Å². The van der Waals surface area contributed by atoms with Crippen LogP contribution in [0.15, 0.2) is 152 Å². The predicted octanol–water partition coefficient (Wildman–Crippen LogP) is 8.77. The number of rotatable bonds is 6. The van der Waals surface area contributed by atoms with Gasteiger partial charge in [0, 0.05) is 47.3 Å². The SMILES string of the molecule is CC(=O)n1nc(-c2ccccc2)c2c1[C@H](c1ccccc1)[C@@H](c1ccccc1)[C@H](C(=O)c1ccccc1)[C@H]2c1ccccc1. The fraction of sp³-hybridized carbons (Fsp3) is 0.125.